The minimum absolute atomic E-state index is 0.168. The molecule has 4 unspecified atom stereocenters. The van der Waals surface area contributed by atoms with Crippen LogP contribution in [0.15, 0.2) is 12.7 Å². The second-order valence-electron chi connectivity index (χ2n) is 19.5. The van der Waals surface area contributed by atoms with Crippen LogP contribution in [0.4, 0.5) is 0 Å². The number of allylic oxidation sites excluding steroid dienone is 1. The second kappa shape index (κ2) is 40.8. The van der Waals surface area contributed by atoms with Crippen LogP contribution in [0.3, 0.4) is 0 Å². The maximum atomic E-state index is 13.0. The number of esters is 2. The zero-order chi connectivity index (χ0) is 49.6. The summed E-state index contributed by atoms with van der Waals surface area (Å²) in [4.78, 5) is 25.8. The summed E-state index contributed by atoms with van der Waals surface area (Å²) >= 11 is 0. The fourth-order valence-electron chi connectivity index (χ4n) is 8.90. The average molecular weight is 975 g/mol. The van der Waals surface area contributed by atoms with Crippen molar-refractivity contribution in [2.45, 2.75) is 286 Å². The van der Waals surface area contributed by atoms with Crippen molar-refractivity contribution >= 4 is 11.9 Å². The van der Waals surface area contributed by atoms with Crippen LogP contribution in [-0.4, -0.2) is 142 Å². The molecule has 0 aliphatic carbocycles. The van der Waals surface area contributed by atoms with E-state index in [4.69, 9.17) is 28.4 Å². The number of aliphatic hydroxyl groups is 7. The van der Waals surface area contributed by atoms with E-state index < -0.39 is 92.7 Å². The molecule has 2 heterocycles. The van der Waals surface area contributed by atoms with Crippen molar-refractivity contribution in [3.05, 3.63) is 12.7 Å². The van der Waals surface area contributed by atoms with E-state index in [0.29, 0.717) is 12.8 Å². The molecule has 2 rings (SSSR count). The number of aliphatic hydroxyl groups excluding tert-OH is 7. The van der Waals surface area contributed by atoms with Crippen LogP contribution in [0.1, 0.15) is 219 Å². The first-order chi connectivity index (χ1) is 33.0. The van der Waals surface area contributed by atoms with Crippen LogP contribution < -0.4 is 0 Å². The second-order valence-corrected chi connectivity index (χ2v) is 19.5. The Morgan fingerprint density at radius 2 is 0.868 bits per heavy atom. The number of hydrogen-bond donors (Lipinski definition) is 7. The van der Waals surface area contributed by atoms with Gasteiger partial charge < -0.3 is 64.2 Å². The summed E-state index contributed by atoms with van der Waals surface area (Å²) in [5, 5.41) is 72.1. The van der Waals surface area contributed by atoms with Crippen molar-refractivity contribution in [1.29, 1.82) is 0 Å². The van der Waals surface area contributed by atoms with Gasteiger partial charge in [0.1, 0.15) is 55.4 Å². The molecule has 400 valence electrons. The summed E-state index contributed by atoms with van der Waals surface area (Å²) in [6.07, 6.45) is 22.7. The standard InChI is InChI=1S/C53H98O15/c1-3-5-7-9-11-13-15-17-19-20-22-23-25-27-29-31-33-35-44(55)63-38-41(66-45(56)36-34-32-30-28-26-24-21-18-16-14-12-10-8-6-4-2)39-64-52-51(62)49(60)47(58)43(68-52)40-65-53-50(61)48(59)46(57)42(37-54)67-53/h4,41-43,46-54,57-62H,2-3,5-40H2,1H3/t41-,42+,43+,46-,47-,48?,49?,50?,51?,52+,53+/m0/s1. The Labute approximate surface area is 410 Å². The molecule has 0 radical (unpaired) electrons. The number of carbonyl (C=O) groups excluding carboxylic acids is 2. The molecule has 0 spiro atoms. The van der Waals surface area contributed by atoms with Gasteiger partial charge in [0.25, 0.3) is 0 Å². The number of ether oxygens (including phenoxy) is 6. The van der Waals surface area contributed by atoms with Crippen LogP contribution >= 0.6 is 0 Å². The molecule has 2 aliphatic rings. The van der Waals surface area contributed by atoms with Crippen LogP contribution in [0.2, 0.25) is 0 Å². The third-order valence-corrected chi connectivity index (χ3v) is 13.4. The lowest BCUT2D eigenvalue weighted by atomic mass is 9.98. The Hall–Kier alpha value is -1.76. The topological polar surface area (TPSA) is 231 Å². The Morgan fingerprint density at radius 3 is 1.31 bits per heavy atom. The maximum absolute atomic E-state index is 13.0. The molecule has 0 bridgehead atoms. The van der Waals surface area contributed by atoms with Gasteiger partial charge in [0.15, 0.2) is 18.7 Å². The maximum Gasteiger partial charge on any atom is 0.306 e. The van der Waals surface area contributed by atoms with Crippen LogP contribution in [0, 0.1) is 0 Å². The summed E-state index contributed by atoms with van der Waals surface area (Å²) < 4.78 is 33.6. The SMILES string of the molecule is C=CCCCCCCCCCCCCCCCC(=O)O[C@@H](COC(=O)CCCCCCCCCCCCCCCCCCC)CO[C@@H]1O[C@H](CO[C@@H]2O[C@H](CO)[C@H](O)C(O)C2O)[C@H](O)C(O)C1O. The number of hydrogen-bond acceptors (Lipinski definition) is 15. The molecule has 0 amide bonds. The Balaban J connectivity index is 1.77. The van der Waals surface area contributed by atoms with Gasteiger partial charge in [-0.3, -0.25) is 9.59 Å². The van der Waals surface area contributed by atoms with Gasteiger partial charge in [0, 0.05) is 12.8 Å². The zero-order valence-corrected chi connectivity index (χ0v) is 42.2. The fraction of sp³-hybridized carbons (Fsp3) is 0.925. The lowest BCUT2D eigenvalue weighted by molar-refractivity contribution is -0.332. The number of rotatable bonds is 44. The van der Waals surface area contributed by atoms with Crippen molar-refractivity contribution in [2.75, 3.05) is 26.4 Å². The monoisotopic (exact) mass is 975 g/mol. The first kappa shape index (κ1) is 62.4. The van der Waals surface area contributed by atoms with Gasteiger partial charge in [-0.25, -0.2) is 0 Å². The highest BCUT2D eigenvalue weighted by atomic mass is 16.7. The van der Waals surface area contributed by atoms with Gasteiger partial charge in [-0.1, -0.05) is 186 Å². The van der Waals surface area contributed by atoms with Crippen molar-refractivity contribution in [2.24, 2.45) is 0 Å². The van der Waals surface area contributed by atoms with E-state index in [9.17, 15) is 45.3 Å². The summed E-state index contributed by atoms with van der Waals surface area (Å²) in [5.41, 5.74) is 0. The smallest absolute Gasteiger partial charge is 0.306 e. The van der Waals surface area contributed by atoms with Crippen molar-refractivity contribution in [1.82, 2.24) is 0 Å². The van der Waals surface area contributed by atoms with E-state index in [1.165, 1.54) is 141 Å². The molecule has 7 N–H and O–H groups in total. The lowest BCUT2D eigenvalue weighted by Gasteiger charge is -2.42. The van der Waals surface area contributed by atoms with Gasteiger partial charge in [0.2, 0.25) is 0 Å². The van der Waals surface area contributed by atoms with Crippen molar-refractivity contribution in [3.8, 4) is 0 Å². The summed E-state index contributed by atoms with van der Waals surface area (Å²) in [6.45, 7) is 4.16. The Kier molecular flexibility index (Phi) is 37.4. The van der Waals surface area contributed by atoms with Gasteiger partial charge in [-0.05, 0) is 25.7 Å². The highest BCUT2D eigenvalue weighted by molar-refractivity contribution is 5.70. The average Bonchev–Trinajstić information content (AvgIpc) is 3.33. The summed E-state index contributed by atoms with van der Waals surface area (Å²) in [6, 6.07) is 0. The third kappa shape index (κ3) is 28.3. The number of unbranched alkanes of at least 4 members (excludes halogenated alkanes) is 29. The normalized spacial score (nSPS) is 25.6. The van der Waals surface area contributed by atoms with Gasteiger partial charge in [0.05, 0.1) is 19.8 Å². The van der Waals surface area contributed by atoms with E-state index in [1.54, 1.807) is 0 Å². The van der Waals surface area contributed by atoms with E-state index >= 15 is 0 Å². The minimum Gasteiger partial charge on any atom is -0.462 e. The Morgan fingerprint density at radius 1 is 0.485 bits per heavy atom. The summed E-state index contributed by atoms with van der Waals surface area (Å²) in [5.74, 6) is -0.914. The Bertz CT molecular complexity index is 1220. The highest BCUT2D eigenvalue weighted by Crippen LogP contribution is 2.27. The minimum atomic E-state index is -1.76. The molecule has 2 saturated heterocycles. The van der Waals surface area contributed by atoms with Gasteiger partial charge >= 0.3 is 11.9 Å². The molecule has 0 aromatic heterocycles. The number of carbonyl (C=O) groups is 2. The molecule has 2 fully saturated rings. The molecular formula is C53H98O15. The molecule has 15 heteroatoms. The van der Waals surface area contributed by atoms with Crippen molar-refractivity contribution < 1.29 is 73.8 Å². The molecular weight excluding hydrogens is 877 g/mol. The quantitative estimate of drug-likeness (QED) is 0.0173. The predicted octanol–water partition coefficient (Wildman–Crippen LogP) is 8.16. The molecule has 0 saturated carbocycles. The largest absolute Gasteiger partial charge is 0.462 e. The predicted molar refractivity (Wildman–Crippen MR) is 261 cm³/mol. The van der Waals surface area contributed by atoms with E-state index in [1.807, 2.05) is 6.08 Å². The first-order valence-corrected chi connectivity index (χ1v) is 27.2. The van der Waals surface area contributed by atoms with Crippen molar-refractivity contribution in [3.63, 3.8) is 0 Å². The van der Waals surface area contributed by atoms with Gasteiger partial charge in [-0.2, -0.15) is 0 Å². The molecule has 0 aromatic carbocycles. The molecule has 2 aliphatic heterocycles. The lowest BCUT2D eigenvalue weighted by Crippen LogP contribution is -2.61. The van der Waals surface area contributed by atoms with E-state index in [-0.39, 0.29) is 26.1 Å². The molecule has 11 atom stereocenters. The molecule has 15 nitrogen and oxygen atoms in total. The van der Waals surface area contributed by atoms with E-state index in [0.717, 1.165) is 44.9 Å². The first-order valence-electron chi connectivity index (χ1n) is 27.2. The van der Waals surface area contributed by atoms with Crippen LogP contribution in [0.25, 0.3) is 0 Å². The summed E-state index contributed by atoms with van der Waals surface area (Å²) in [7, 11) is 0. The van der Waals surface area contributed by atoms with E-state index in [2.05, 4.69) is 13.5 Å². The fourth-order valence-corrected chi connectivity index (χ4v) is 8.90. The zero-order valence-electron chi connectivity index (χ0n) is 42.2. The molecule has 68 heavy (non-hydrogen) atoms. The van der Waals surface area contributed by atoms with Crippen LogP contribution in [0.5, 0.6) is 0 Å². The third-order valence-electron chi connectivity index (χ3n) is 13.4. The van der Waals surface area contributed by atoms with Gasteiger partial charge in [-0.15, -0.1) is 6.58 Å². The van der Waals surface area contributed by atoms with Crippen LogP contribution in [-0.2, 0) is 38.0 Å². The highest BCUT2D eigenvalue weighted by Gasteiger charge is 2.47. The molecule has 0 aromatic rings.